The normalized spacial score (nSPS) is 12.0. The molecule has 0 amide bonds. The minimum absolute atomic E-state index is 0.312. The Balaban J connectivity index is 3.02. The fraction of sp³-hybridized carbons (Fsp3) is 1.00. The van der Waals surface area contributed by atoms with Crippen molar-refractivity contribution in [1.29, 1.82) is 0 Å². The standard InChI is InChI=1S/C8H20O2Si/c1-11(2,3)10-8-6-4-5-7-9/h9H,4-8H2,1-3H3. The third-order valence-electron chi connectivity index (χ3n) is 1.34. The Morgan fingerprint density at radius 2 is 1.73 bits per heavy atom. The fourth-order valence-electron chi connectivity index (χ4n) is 0.769. The van der Waals surface area contributed by atoms with Crippen molar-refractivity contribution in [3.63, 3.8) is 0 Å². The van der Waals surface area contributed by atoms with Crippen molar-refractivity contribution in [3.8, 4) is 0 Å². The second-order valence-corrected chi connectivity index (χ2v) is 8.26. The van der Waals surface area contributed by atoms with Crippen molar-refractivity contribution in [2.75, 3.05) is 13.2 Å². The van der Waals surface area contributed by atoms with Crippen LogP contribution in [0.15, 0.2) is 0 Å². The molecular weight excluding hydrogens is 156 g/mol. The van der Waals surface area contributed by atoms with Crippen LogP contribution in [0, 0.1) is 0 Å². The molecule has 0 aliphatic heterocycles. The van der Waals surface area contributed by atoms with E-state index in [0.29, 0.717) is 6.61 Å². The molecule has 0 aliphatic rings. The van der Waals surface area contributed by atoms with E-state index in [-0.39, 0.29) is 0 Å². The molecule has 0 aromatic rings. The molecule has 11 heavy (non-hydrogen) atoms. The zero-order valence-electron chi connectivity index (χ0n) is 7.89. The number of unbranched alkanes of at least 4 members (excludes halogenated alkanes) is 2. The van der Waals surface area contributed by atoms with E-state index in [1.54, 1.807) is 0 Å². The molecule has 3 heteroatoms. The zero-order valence-corrected chi connectivity index (χ0v) is 8.89. The van der Waals surface area contributed by atoms with Crippen LogP contribution < -0.4 is 0 Å². The van der Waals surface area contributed by atoms with E-state index >= 15 is 0 Å². The number of hydrogen-bond donors (Lipinski definition) is 1. The van der Waals surface area contributed by atoms with Crippen LogP contribution in [0.3, 0.4) is 0 Å². The first-order valence-electron chi connectivity index (χ1n) is 4.31. The molecule has 0 saturated heterocycles. The highest BCUT2D eigenvalue weighted by molar-refractivity contribution is 6.69. The van der Waals surface area contributed by atoms with Crippen LogP contribution in [0.1, 0.15) is 19.3 Å². The van der Waals surface area contributed by atoms with Gasteiger partial charge < -0.3 is 9.53 Å². The van der Waals surface area contributed by atoms with Crippen molar-refractivity contribution in [3.05, 3.63) is 0 Å². The molecule has 0 bridgehead atoms. The van der Waals surface area contributed by atoms with E-state index in [9.17, 15) is 0 Å². The van der Waals surface area contributed by atoms with E-state index in [1.807, 2.05) is 0 Å². The predicted octanol–water partition coefficient (Wildman–Crippen LogP) is 2.00. The molecule has 0 heterocycles. The van der Waals surface area contributed by atoms with Gasteiger partial charge in [-0.15, -0.1) is 0 Å². The monoisotopic (exact) mass is 176 g/mol. The summed E-state index contributed by atoms with van der Waals surface area (Å²) in [6.45, 7) is 7.76. The lowest BCUT2D eigenvalue weighted by molar-refractivity contribution is 0.264. The van der Waals surface area contributed by atoms with Crippen LogP contribution in [0.25, 0.3) is 0 Å². The summed E-state index contributed by atoms with van der Waals surface area (Å²) >= 11 is 0. The maximum Gasteiger partial charge on any atom is 0.183 e. The second kappa shape index (κ2) is 5.74. The van der Waals surface area contributed by atoms with Gasteiger partial charge in [0.05, 0.1) is 0 Å². The Kier molecular flexibility index (Phi) is 5.82. The topological polar surface area (TPSA) is 29.5 Å². The maximum absolute atomic E-state index is 8.49. The molecule has 0 aliphatic carbocycles. The number of aliphatic hydroxyl groups is 1. The first kappa shape index (κ1) is 11.1. The van der Waals surface area contributed by atoms with Gasteiger partial charge in [0, 0.05) is 13.2 Å². The molecule has 0 saturated carbocycles. The van der Waals surface area contributed by atoms with Crippen LogP contribution in [-0.2, 0) is 4.43 Å². The molecule has 2 nitrogen and oxygen atoms in total. The lowest BCUT2D eigenvalue weighted by atomic mass is 10.2. The SMILES string of the molecule is C[Si](C)(C)OCCCCCO. The first-order valence-corrected chi connectivity index (χ1v) is 7.72. The second-order valence-electron chi connectivity index (χ2n) is 3.75. The predicted molar refractivity (Wildman–Crippen MR) is 50.2 cm³/mol. The van der Waals surface area contributed by atoms with Gasteiger partial charge in [-0.05, 0) is 38.9 Å². The number of rotatable bonds is 6. The largest absolute Gasteiger partial charge is 0.418 e. The summed E-state index contributed by atoms with van der Waals surface area (Å²) in [7, 11) is -1.28. The van der Waals surface area contributed by atoms with Gasteiger partial charge in [0.15, 0.2) is 8.32 Å². The first-order chi connectivity index (χ1) is 5.06. The summed E-state index contributed by atoms with van der Waals surface area (Å²) in [5.41, 5.74) is 0. The summed E-state index contributed by atoms with van der Waals surface area (Å²) in [5.74, 6) is 0. The van der Waals surface area contributed by atoms with Gasteiger partial charge in [-0.25, -0.2) is 0 Å². The fourth-order valence-corrected chi connectivity index (χ4v) is 1.53. The van der Waals surface area contributed by atoms with Crippen molar-refractivity contribution < 1.29 is 9.53 Å². The molecule has 0 spiro atoms. The van der Waals surface area contributed by atoms with Crippen LogP contribution in [-0.4, -0.2) is 26.6 Å². The van der Waals surface area contributed by atoms with Crippen LogP contribution in [0.5, 0.6) is 0 Å². The van der Waals surface area contributed by atoms with Gasteiger partial charge in [-0.1, -0.05) is 0 Å². The zero-order chi connectivity index (χ0) is 8.74. The summed E-state index contributed by atoms with van der Waals surface area (Å²) < 4.78 is 5.63. The molecule has 68 valence electrons. The van der Waals surface area contributed by atoms with E-state index in [0.717, 1.165) is 25.9 Å². The highest BCUT2D eigenvalue weighted by Crippen LogP contribution is 2.04. The van der Waals surface area contributed by atoms with Crippen molar-refractivity contribution >= 4 is 8.32 Å². The quantitative estimate of drug-likeness (QED) is 0.495. The van der Waals surface area contributed by atoms with Gasteiger partial charge >= 0.3 is 0 Å². The Hall–Kier alpha value is 0.137. The van der Waals surface area contributed by atoms with Crippen molar-refractivity contribution in [2.45, 2.75) is 38.9 Å². The van der Waals surface area contributed by atoms with E-state index < -0.39 is 8.32 Å². The lowest BCUT2D eigenvalue weighted by Gasteiger charge is -2.16. The molecule has 0 aromatic carbocycles. The maximum atomic E-state index is 8.49. The van der Waals surface area contributed by atoms with E-state index in [4.69, 9.17) is 9.53 Å². The van der Waals surface area contributed by atoms with Gasteiger partial charge in [-0.2, -0.15) is 0 Å². The Labute approximate surface area is 70.7 Å². The number of aliphatic hydroxyl groups excluding tert-OH is 1. The average Bonchev–Trinajstić information content (AvgIpc) is 1.85. The Bertz CT molecular complexity index is 88.6. The van der Waals surface area contributed by atoms with Crippen LogP contribution in [0.2, 0.25) is 19.6 Å². The summed E-state index contributed by atoms with van der Waals surface area (Å²) in [6, 6.07) is 0. The summed E-state index contributed by atoms with van der Waals surface area (Å²) in [6.07, 6.45) is 3.08. The van der Waals surface area contributed by atoms with E-state index in [2.05, 4.69) is 19.6 Å². The van der Waals surface area contributed by atoms with Crippen LogP contribution in [0.4, 0.5) is 0 Å². The summed E-state index contributed by atoms with van der Waals surface area (Å²) in [4.78, 5) is 0. The molecule has 0 unspecified atom stereocenters. The molecule has 0 rings (SSSR count). The highest BCUT2D eigenvalue weighted by atomic mass is 28.4. The third kappa shape index (κ3) is 10.1. The minimum Gasteiger partial charge on any atom is -0.418 e. The average molecular weight is 176 g/mol. The highest BCUT2D eigenvalue weighted by Gasteiger charge is 2.12. The summed E-state index contributed by atoms with van der Waals surface area (Å²) in [5, 5.41) is 8.49. The Morgan fingerprint density at radius 1 is 1.09 bits per heavy atom. The minimum atomic E-state index is -1.28. The van der Waals surface area contributed by atoms with Crippen LogP contribution >= 0.6 is 0 Å². The van der Waals surface area contributed by atoms with E-state index in [1.165, 1.54) is 0 Å². The molecule has 0 atom stereocenters. The van der Waals surface area contributed by atoms with Gasteiger partial charge in [0.1, 0.15) is 0 Å². The third-order valence-corrected chi connectivity index (χ3v) is 2.41. The Morgan fingerprint density at radius 3 is 2.18 bits per heavy atom. The van der Waals surface area contributed by atoms with Crippen molar-refractivity contribution in [2.24, 2.45) is 0 Å². The van der Waals surface area contributed by atoms with Gasteiger partial charge in [-0.3, -0.25) is 0 Å². The smallest absolute Gasteiger partial charge is 0.183 e. The van der Waals surface area contributed by atoms with Gasteiger partial charge in [0.2, 0.25) is 0 Å². The molecular formula is C8H20O2Si. The van der Waals surface area contributed by atoms with Crippen molar-refractivity contribution in [1.82, 2.24) is 0 Å². The molecule has 1 N–H and O–H groups in total. The lowest BCUT2D eigenvalue weighted by Crippen LogP contribution is -2.25. The molecule has 0 aromatic heterocycles. The molecule has 0 fully saturated rings. The number of hydrogen-bond acceptors (Lipinski definition) is 2. The van der Waals surface area contributed by atoms with Gasteiger partial charge in [0.25, 0.3) is 0 Å². The molecule has 0 radical (unpaired) electrons.